The summed E-state index contributed by atoms with van der Waals surface area (Å²) in [5.74, 6) is 0.185. The van der Waals surface area contributed by atoms with Crippen molar-refractivity contribution in [3.63, 3.8) is 0 Å². The van der Waals surface area contributed by atoms with Crippen LogP contribution in [0.1, 0.15) is 22.8 Å². The third kappa shape index (κ3) is 5.75. The number of benzene rings is 2. The largest absolute Gasteiger partial charge is 0.343 e. The minimum Gasteiger partial charge on any atom is -0.343 e. The van der Waals surface area contributed by atoms with Gasteiger partial charge in [0.15, 0.2) is 5.16 Å². The van der Waals surface area contributed by atoms with Crippen molar-refractivity contribution in [2.75, 3.05) is 11.9 Å². The fourth-order valence-corrected chi connectivity index (χ4v) is 3.98. The van der Waals surface area contributed by atoms with Gasteiger partial charge in [-0.3, -0.25) is 19.5 Å². The van der Waals surface area contributed by atoms with Crippen molar-refractivity contribution in [1.29, 1.82) is 0 Å². The molecule has 0 unspecified atom stereocenters. The number of rotatable bonds is 8. The number of amides is 2. The highest BCUT2D eigenvalue weighted by Gasteiger charge is 2.15. The number of hydrogen-bond acceptors (Lipinski definition) is 5. The maximum absolute atomic E-state index is 12.3. The zero-order chi connectivity index (χ0) is 21.5. The molecule has 0 atom stereocenters. The van der Waals surface area contributed by atoms with Gasteiger partial charge in [-0.05, 0) is 42.8 Å². The highest BCUT2D eigenvalue weighted by Crippen LogP contribution is 2.26. The Morgan fingerprint density at radius 3 is 2.50 bits per heavy atom. The molecule has 10 heteroatoms. The van der Waals surface area contributed by atoms with Gasteiger partial charge in [0.2, 0.25) is 11.9 Å². The second-order valence-corrected chi connectivity index (χ2v) is 7.95. The second kappa shape index (κ2) is 10.5. The van der Waals surface area contributed by atoms with Gasteiger partial charge in [0, 0.05) is 27.9 Å². The van der Waals surface area contributed by atoms with Crippen molar-refractivity contribution in [2.45, 2.75) is 24.4 Å². The third-order valence-corrected chi connectivity index (χ3v) is 5.75. The van der Waals surface area contributed by atoms with E-state index >= 15 is 0 Å². The first-order chi connectivity index (χ1) is 14.5. The van der Waals surface area contributed by atoms with Crippen LogP contribution in [0.4, 0.5) is 5.95 Å². The maximum Gasteiger partial charge on any atom is 0.251 e. The highest BCUT2D eigenvalue weighted by atomic mass is 35.5. The summed E-state index contributed by atoms with van der Waals surface area (Å²) in [5, 5.41) is 15.3. The molecule has 30 heavy (non-hydrogen) atoms. The molecule has 0 spiro atoms. The van der Waals surface area contributed by atoms with Gasteiger partial charge < -0.3 is 5.32 Å². The SMILES string of the molecule is CCn1c(NC(=O)CNC(=O)c2ccc(Cl)cc2)nnc1SCc1ccccc1Cl. The predicted molar refractivity (Wildman–Crippen MR) is 119 cm³/mol. The van der Waals surface area contributed by atoms with Crippen LogP contribution in [0.2, 0.25) is 10.0 Å². The van der Waals surface area contributed by atoms with Crippen LogP contribution in [0.25, 0.3) is 0 Å². The van der Waals surface area contributed by atoms with Crippen molar-refractivity contribution < 1.29 is 9.59 Å². The lowest BCUT2D eigenvalue weighted by atomic mass is 10.2. The standard InChI is InChI=1S/C20H19Cl2N5O2S/c1-2-27-19(25-26-20(27)30-12-14-5-3-4-6-16(14)22)24-17(28)11-23-18(29)13-7-9-15(21)10-8-13/h3-10H,2,11-12H2,1H3,(H,23,29)(H,24,25,28). The summed E-state index contributed by atoms with van der Waals surface area (Å²) in [4.78, 5) is 24.4. The molecule has 2 aromatic carbocycles. The number of carbonyl (C=O) groups is 2. The normalized spacial score (nSPS) is 10.6. The van der Waals surface area contributed by atoms with Crippen LogP contribution in [0.5, 0.6) is 0 Å². The zero-order valence-corrected chi connectivity index (χ0v) is 18.4. The molecule has 0 aliphatic carbocycles. The molecule has 0 fully saturated rings. The lowest BCUT2D eigenvalue weighted by Gasteiger charge is -2.09. The van der Waals surface area contributed by atoms with E-state index in [2.05, 4.69) is 20.8 Å². The van der Waals surface area contributed by atoms with Gasteiger partial charge in [-0.15, -0.1) is 10.2 Å². The Bertz CT molecular complexity index is 1040. The average molecular weight is 464 g/mol. The van der Waals surface area contributed by atoms with Crippen LogP contribution >= 0.6 is 35.0 Å². The highest BCUT2D eigenvalue weighted by molar-refractivity contribution is 7.98. The number of halogens is 2. The molecule has 2 amide bonds. The lowest BCUT2D eigenvalue weighted by Crippen LogP contribution is -2.33. The first kappa shape index (κ1) is 22.1. The molecule has 0 aliphatic rings. The van der Waals surface area contributed by atoms with Gasteiger partial charge in [0.05, 0.1) is 6.54 Å². The number of nitrogens with zero attached hydrogens (tertiary/aromatic N) is 3. The quantitative estimate of drug-likeness (QED) is 0.487. The number of aromatic nitrogens is 3. The number of nitrogens with one attached hydrogen (secondary N) is 2. The van der Waals surface area contributed by atoms with Crippen LogP contribution in [0, 0.1) is 0 Å². The summed E-state index contributed by atoms with van der Waals surface area (Å²) in [6.07, 6.45) is 0. The Morgan fingerprint density at radius 2 is 1.80 bits per heavy atom. The molecule has 156 valence electrons. The molecule has 7 nitrogen and oxygen atoms in total. The molecule has 0 aliphatic heterocycles. The number of anilines is 1. The van der Waals surface area contributed by atoms with E-state index in [0.717, 1.165) is 5.56 Å². The molecule has 2 N–H and O–H groups in total. The van der Waals surface area contributed by atoms with Crippen molar-refractivity contribution in [3.05, 3.63) is 69.7 Å². The molecule has 0 bridgehead atoms. The number of thioether (sulfide) groups is 1. The first-order valence-electron chi connectivity index (χ1n) is 9.11. The third-order valence-electron chi connectivity index (χ3n) is 4.11. The monoisotopic (exact) mass is 463 g/mol. The minimum absolute atomic E-state index is 0.194. The van der Waals surface area contributed by atoms with Crippen LogP contribution in [0.3, 0.4) is 0 Å². The summed E-state index contributed by atoms with van der Waals surface area (Å²) < 4.78 is 1.79. The van der Waals surface area contributed by atoms with Crippen molar-refractivity contribution in [3.8, 4) is 0 Å². The molecule has 3 aromatic rings. The molecule has 0 radical (unpaired) electrons. The predicted octanol–water partition coefficient (Wildman–Crippen LogP) is 4.27. The first-order valence-corrected chi connectivity index (χ1v) is 10.8. The Kier molecular flexibility index (Phi) is 7.73. The Labute approximate surface area is 188 Å². The molecule has 0 saturated heterocycles. The van der Waals surface area contributed by atoms with Gasteiger partial charge >= 0.3 is 0 Å². The van der Waals surface area contributed by atoms with Crippen molar-refractivity contribution >= 4 is 52.7 Å². The van der Waals surface area contributed by atoms with Crippen LogP contribution in [0.15, 0.2) is 53.7 Å². The van der Waals surface area contributed by atoms with Crippen molar-refractivity contribution in [2.24, 2.45) is 0 Å². The Balaban J connectivity index is 1.57. The zero-order valence-electron chi connectivity index (χ0n) is 16.1. The Morgan fingerprint density at radius 1 is 1.07 bits per heavy atom. The van der Waals surface area contributed by atoms with Gasteiger partial charge in [-0.25, -0.2) is 0 Å². The lowest BCUT2D eigenvalue weighted by molar-refractivity contribution is -0.115. The molecule has 1 aromatic heterocycles. The van der Waals surface area contributed by atoms with E-state index in [1.807, 2.05) is 31.2 Å². The van der Waals surface area contributed by atoms with E-state index < -0.39 is 5.91 Å². The van der Waals surface area contributed by atoms with E-state index in [4.69, 9.17) is 23.2 Å². The second-order valence-electron chi connectivity index (χ2n) is 6.17. The van der Waals surface area contributed by atoms with Crippen LogP contribution < -0.4 is 10.6 Å². The number of carbonyl (C=O) groups excluding carboxylic acids is 2. The van der Waals surface area contributed by atoms with E-state index in [1.165, 1.54) is 11.8 Å². The summed E-state index contributed by atoms with van der Waals surface area (Å²) in [7, 11) is 0. The van der Waals surface area contributed by atoms with Gasteiger partial charge in [0.1, 0.15) is 0 Å². The fourth-order valence-electron chi connectivity index (χ4n) is 2.56. The van der Waals surface area contributed by atoms with E-state index in [-0.39, 0.29) is 12.5 Å². The van der Waals surface area contributed by atoms with Crippen LogP contribution in [-0.2, 0) is 17.1 Å². The fraction of sp³-hybridized carbons (Fsp3) is 0.200. The summed E-state index contributed by atoms with van der Waals surface area (Å²) in [5.41, 5.74) is 1.41. The smallest absolute Gasteiger partial charge is 0.251 e. The van der Waals surface area contributed by atoms with E-state index in [0.29, 0.717) is 39.0 Å². The Hall–Kier alpha value is -2.55. The average Bonchev–Trinajstić information content (AvgIpc) is 3.13. The summed E-state index contributed by atoms with van der Waals surface area (Å²) in [6, 6.07) is 14.0. The number of hydrogen-bond donors (Lipinski definition) is 2. The molecule has 0 saturated carbocycles. The van der Waals surface area contributed by atoms with Gasteiger partial charge in [0.25, 0.3) is 5.91 Å². The molecular weight excluding hydrogens is 445 g/mol. The van der Waals surface area contributed by atoms with Crippen molar-refractivity contribution in [1.82, 2.24) is 20.1 Å². The van der Waals surface area contributed by atoms with E-state index in [9.17, 15) is 9.59 Å². The molecular formula is C20H19Cl2N5O2S. The summed E-state index contributed by atoms with van der Waals surface area (Å²) in [6.45, 7) is 2.31. The maximum atomic E-state index is 12.3. The van der Waals surface area contributed by atoms with Gasteiger partial charge in [-0.2, -0.15) is 0 Å². The minimum atomic E-state index is -0.401. The summed E-state index contributed by atoms with van der Waals surface area (Å²) >= 11 is 13.5. The van der Waals surface area contributed by atoms with Gasteiger partial charge in [-0.1, -0.05) is 53.2 Å². The molecule has 3 rings (SSSR count). The van der Waals surface area contributed by atoms with E-state index in [1.54, 1.807) is 28.8 Å². The molecule has 1 heterocycles. The topological polar surface area (TPSA) is 88.9 Å². The van der Waals surface area contributed by atoms with Crippen LogP contribution in [-0.4, -0.2) is 33.1 Å².